The van der Waals surface area contributed by atoms with E-state index in [0.29, 0.717) is 0 Å². The molecule has 2 aliphatic carbocycles. The summed E-state index contributed by atoms with van der Waals surface area (Å²) < 4.78 is 5.95. The van der Waals surface area contributed by atoms with Gasteiger partial charge >= 0.3 is 5.97 Å². The Morgan fingerprint density at radius 3 is 2.58 bits per heavy atom. The number of fused-ring (bicyclic) bond motifs is 3. The van der Waals surface area contributed by atoms with E-state index in [-0.39, 0.29) is 17.3 Å². The maximum absolute atomic E-state index is 13.1. The topological polar surface area (TPSA) is 26.3 Å². The summed E-state index contributed by atoms with van der Waals surface area (Å²) in [4.78, 5) is 13.1. The summed E-state index contributed by atoms with van der Waals surface area (Å²) >= 11 is 0. The normalized spacial score (nSPS) is 30.3. The van der Waals surface area contributed by atoms with E-state index in [1.54, 1.807) is 0 Å². The van der Waals surface area contributed by atoms with Crippen LogP contribution in [0.5, 0.6) is 0 Å². The molecule has 0 saturated carbocycles. The number of hydrogen-bond donors (Lipinski definition) is 0. The Labute approximate surface area is 159 Å². The van der Waals surface area contributed by atoms with Crippen molar-refractivity contribution >= 4 is 19.9 Å². The summed E-state index contributed by atoms with van der Waals surface area (Å²) in [7, 11) is -1.92. The SMILES string of the molecule is C=C(C)c1ccc2c(c1)CCC1[C@](C)(C(=O)O[Si](C)(C)C)C=CC[C@]21C. The van der Waals surface area contributed by atoms with Crippen molar-refractivity contribution in [2.75, 3.05) is 0 Å². The molecule has 0 spiro atoms. The van der Waals surface area contributed by atoms with E-state index in [4.69, 9.17) is 4.43 Å². The minimum absolute atomic E-state index is 0.0247. The Bertz CT molecular complexity index is 786. The van der Waals surface area contributed by atoms with Crippen LogP contribution >= 0.6 is 0 Å². The fourth-order valence-corrected chi connectivity index (χ4v) is 5.68. The van der Waals surface area contributed by atoms with Crippen LogP contribution < -0.4 is 0 Å². The average molecular weight is 369 g/mol. The van der Waals surface area contributed by atoms with Crippen LogP contribution in [0.1, 0.15) is 50.3 Å². The van der Waals surface area contributed by atoms with Crippen LogP contribution in [0.15, 0.2) is 36.9 Å². The molecule has 0 N–H and O–H groups in total. The Balaban J connectivity index is 2.03. The van der Waals surface area contributed by atoms with Gasteiger partial charge in [-0.25, -0.2) is 0 Å². The van der Waals surface area contributed by atoms with Crippen molar-refractivity contribution in [2.45, 2.75) is 65.1 Å². The molecule has 0 aliphatic heterocycles. The molecule has 0 saturated heterocycles. The quantitative estimate of drug-likeness (QED) is 0.491. The molecule has 3 rings (SSSR count). The van der Waals surface area contributed by atoms with E-state index in [1.807, 2.05) is 0 Å². The first-order chi connectivity index (χ1) is 12.0. The second-order valence-corrected chi connectivity index (χ2v) is 14.0. The van der Waals surface area contributed by atoms with Gasteiger partial charge < -0.3 is 4.43 Å². The molecule has 0 heterocycles. The Morgan fingerprint density at radius 1 is 1.27 bits per heavy atom. The van der Waals surface area contributed by atoms with Crippen LogP contribution in [0.2, 0.25) is 19.6 Å². The van der Waals surface area contributed by atoms with Gasteiger partial charge in [0.05, 0.1) is 5.41 Å². The van der Waals surface area contributed by atoms with Gasteiger partial charge in [-0.1, -0.05) is 49.4 Å². The Hall–Kier alpha value is -1.61. The van der Waals surface area contributed by atoms with Gasteiger partial charge in [0.1, 0.15) is 0 Å². The van der Waals surface area contributed by atoms with E-state index in [0.717, 1.165) is 24.8 Å². The minimum Gasteiger partial charge on any atom is -0.519 e. The van der Waals surface area contributed by atoms with Crippen LogP contribution in [0.3, 0.4) is 0 Å². The lowest BCUT2D eigenvalue weighted by molar-refractivity contribution is -0.148. The molecule has 1 aromatic carbocycles. The number of carbonyl (C=O) groups is 1. The molecule has 26 heavy (non-hydrogen) atoms. The lowest BCUT2D eigenvalue weighted by Gasteiger charge is -2.52. The molecule has 2 nitrogen and oxygen atoms in total. The fourth-order valence-electron chi connectivity index (χ4n) is 4.91. The number of rotatable bonds is 3. The maximum atomic E-state index is 13.1. The number of hydrogen-bond acceptors (Lipinski definition) is 2. The van der Waals surface area contributed by atoms with E-state index in [2.05, 4.69) is 77.3 Å². The van der Waals surface area contributed by atoms with Crippen LogP contribution in [-0.2, 0) is 21.1 Å². The third-order valence-electron chi connectivity index (χ3n) is 6.25. The second-order valence-electron chi connectivity index (χ2n) is 9.55. The van der Waals surface area contributed by atoms with Gasteiger partial charge in [-0.3, -0.25) is 4.79 Å². The molecule has 3 atom stereocenters. The summed E-state index contributed by atoms with van der Waals surface area (Å²) in [5, 5.41) is 0. The molecule has 0 bridgehead atoms. The summed E-state index contributed by atoms with van der Waals surface area (Å²) in [5.74, 6) is 0.234. The summed E-state index contributed by atoms with van der Waals surface area (Å²) in [5.41, 5.74) is 4.57. The third kappa shape index (κ3) is 3.11. The highest BCUT2D eigenvalue weighted by Crippen LogP contribution is 2.55. The molecule has 140 valence electrons. The molecule has 2 aliphatic rings. The molecule has 0 amide bonds. The average Bonchev–Trinajstić information content (AvgIpc) is 2.52. The van der Waals surface area contributed by atoms with E-state index in [9.17, 15) is 4.79 Å². The molecule has 0 fully saturated rings. The highest BCUT2D eigenvalue weighted by Gasteiger charge is 2.54. The zero-order chi connectivity index (χ0) is 19.3. The van der Waals surface area contributed by atoms with Crippen LogP contribution in [0, 0.1) is 11.3 Å². The van der Waals surface area contributed by atoms with Gasteiger partial charge in [-0.05, 0) is 75.4 Å². The van der Waals surface area contributed by atoms with Gasteiger partial charge in [-0.15, -0.1) is 0 Å². The fraction of sp³-hybridized carbons (Fsp3) is 0.522. The standard InChI is InChI=1S/C23H32O2Si/c1-16(2)17-9-11-19-18(15-17)10-12-20-22(19,3)13-8-14-23(20,4)21(24)25-26(5,6)7/h8-9,11,14-15,20H,1,10,12-13H2,2-7H3/t20?,22-,23-/m1/s1. The van der Waals surface area contributed by atoms with Crippen LogP contribution in [0.25, 0.3) is 5.57 Å². The maximum Gasteiger partial charge on any atom is 0.302 e. The van der Waals surface area contributed by atoms with Crippen molar-refractivity contribution in [2.24, 2.45) is 11.3 Å². The van der Waals surface area contributed by atoms with Gasteiger partial charge in [-0.2, -0.15) is 0 Å². The van der Waals surface area contributed by atoms with Crippen molar-refractivity contribution < 1.29 is 9.22 Å². The van der Waals surface area contributed by atoms with Crippen molar-refractivity contribution in [3.05, 3.63) is 53.6 Å². The second kappa shape index (κ2) is 6.23. The zero-order valence-electron chi connectivity index (χ0n) is 17.1. The van der Waals surface area contributed by atoms with Crippen molar-refractivity contribution in [1.29, 1.82) is 0 Å². The first kappa shape index (κ1) is 19.2. The number of carbonyl (C=O) groups excluding carboxylic acids is 1. The van der Waals surface area contributed by atoms with Crippen LogP contribution in [-0.4, -0.2) is 14.3 Å². The highest BCUT2D eigenvalue weighted by atomic mass is 28.4. The zero-order valence-corrected chi connectivity index (χ0v) is 18.1. The monoisotopic (exact) mass is 368 g/mol. The van der Waals surface area contributed by atoms with Crippen molar-refractivity contribution in [3.63, 3.8) is 0 Å². The highest BCUT2D eigenvalue weighted by molar-refractivity contribution is 6.71. The lowest BCUT2D eigenvalue weighted by atomic mass is 9.52. The van der Waals surface area contributed by atoms with Gasteiger partial charge in [0.2, 0.25) is 8.32 Å². The Kier molecular flexibility index (Phi) is 4.59. The van der Waals surface area contributed by atoms with E-state index >= 15 is 0 Å². The third-order valence-corrected chi connectivity index (χ3v) is 7.05. The largest absolute Gasteiger partial charge is 0.519 e. The smallest absolute Gasteiger partial charge is 0.302 e. The number of aryl methyl sites for hydroxylation is 1. The first-order valence-electron chi connectivity index (χ1n) is 9.68. The van der Waals surface area contributed by atoms with Crippen LogP contribution in [0.4, 0.5) is 0 Å². The summed E-state index contributed by atoms with van der Waals surface area (Å²) in [6.07, 6.45) is 7.33. The summed E-state index contributed by atoms with van der Waals surface area (Å²) in [6, 6.07) is 6.76. The van der Waals surface area contributed by atoms with Crippen molar-refractivity contribution in [3.8, 4) is 0 Å². The van der Waals surface area contributed by atoms with E-state index in [1.165, 1.54) is 16.7 Å². The molecule has 1 aromatic rings. The molecule has 0 radical (unpaired) electrons. The molecule has 0 aromatic heterocycles. The van der Waals surface area contributed by atoms with Gasteiger partial charge in [0.25, 0.3) is 0 Å². The van der Waals surface area contributed by atoms with Gasteiger partial charge in [0, 0.05) is 5.41 Å². The molecular weight excluding hydrogens is 336 g/mol. The molecular formula is C23H32O2Si. The van der Waals surface area contributed by atoms with E-state index < -0.39 is 13.7 Å². The molecule has 3 heteroatoms. The predicted molar refractivity (Wildman–Crippen MR) is 112 cm³/mol. The summed E-state index contributed by atoms with van der Waals surface area (Å²) in [6.45, 7) is 16.8. The first-order valence-corrected chi connectivity index (χ1v) is 13.1. The lowest BCUT2D eigenvalue weighted by Crippen LogP contribution is -2.52. The predicted octanol–water partition coefficient (Wildman–Crippen LogP) is 5.88. The Morgan fingerprint density at radius 2 is 1.96 bits per heavy atom. The minimum atomic E-state index is -1.92. The number of allylic oxidation sites excluding steroid dienone is 2. The number of benzene rings is 1. The van der Waals surface area contributed by atoms with Gasteiger partial charge in [0.15, 0.2) is 0 Å². The van der Waals surface area contributed by atoms with Crippen molar-refractivity contribution in [1.82, 2.24) is 0 Å². The molecule has 1 unspecified atom stereocenters.